The maximum Gasteiger partial charge on any atom is 0.130 e. The largest absolute Gasteiger partial charge is 0.496 e. The third kappa shape index (κ3) is 5.61. The minimum Gasteiger partial charge on any atom is -0.496 e. The van der Waals surface area contributed by atoms with E-state index in [0.29, 0.717) is 5.92 Å². The molecule has 0 N–H and O–H groups in total. The fourth-order valence-corrected chi connectivity index (χ4v) is 14.6. The molecule has 8 bridgehead atoms. The van der Waals surface area contributed by atoms with Gasteiger partial charge in [0, 0.05) is 27.8 Å². The summed E-state index contributed by atoms with van der Waals surface area (Å²) in [5.74, 6) is 8.86. The average Bonchev–Trinajstić information content (AvgIpc) is 3.19. The fraction of sp³-hybridized carbons (Fsp3) is 0.453. The van der Waals surface area contributed by atoms with Gasteiger partial charge in [0.2, 0.25) is 0 Å². The van der Waals surface area contributed by atoms with Crippen molar-refractivity contribution in [3.8, 4) is 56.3 Å². The second kappa shape index (κ2) is 13.4. The van der Waals surface area contributed by atoms with Crippen LogP contribution in [-0.4, -0.2) is 19.2 Å². The zero-order chi connectivity index (χ0) is 37.7. The van der Waals surface area contributed by atoms with Crippen molar-refractivity contribution in [1.82, 2.24) is 4.98 Å². The summed E-state index contributed by atoms with van der Waals surface area (Å²) in [6.07, 6.45) is 15.3. The van der Waals surface area contributed by atoms with Crippen LogP contribution in [0.4, 0.5) is 0 Å². The molecule has 3 heteroatoms. The number of hydrogen-bond acceptors (Lipinski definition) is 3. The van der Waals surface area contributed by atoms with Gasteiger partial charge >= 0.3 is 0 Å². The van der Waals surface area contributed by atoms with Crippen LogP contribution in [0.15, 0.2) is 91.0 Å². The second-order valence-corrected chi connectivity index (χ2v) is 19.5. The molecule has 0 amide bonds. The Balaban J connectivity index is 0.998. The molecule has 8 fully saturated rings. The highest BCUT2D eigenvalue weighted by Gasteiger charge is 2.53. The van der Waals surface area contributed by atoms with E-state index in [2.05, 4.69) is 105 Å². The molecule has 0 saturated heterocycles. The molecule has 0 atom stereocenters. The highest BCUT2D eigenvalue weighted by atomic mass is 16.5. The van der Waals surface area contributed by atoms with Gasteiger partial charge in [-0.3, -0.25) is 0 Å². The van der Waals surface area contributed by atoms with Crippen molar-refractivity contribution >= 4 is 0 Å². The first kappa shape index (κ1) is 34.8. The molecule has 4 aromatic carbocycles. The molecule has 5 aromatic rings. The summed E-state index contributed by atoms with van der Waals surface area (Å²) in [4.78, 5) is 5.51. The summed E-state index contributed by atoms with van der Waals surface area (Å²) in [6, 6.07) is 33.9. The van der Waals surface area contributed by atoms with Crippen LogP contribution in [0.1, 0.15) is 98.8 Å². The average molecular weight is 740 g/mol. The Morgan fingerprint density at radius 1 is 0.482 bits per heavy atom. The minimum atomic E-state index is 0.241. The first-order chi connectivity index (χ1) is 27.4. The van der Waals surface area contributed by atoms with Crippen molar-refractivity contribution in [3.05, 3.63) is 113 Å². The molecule has 286 valence electrons. The Labute approximate surface area is 334 Å². The molecular formula is C53H57NO2. The summed E-state index contributed by atoms with van der Waals surface area (Å²) in [7, 11) is 3.78. The van der Waals surface area contributed by atoms with E-state index in [1.165, 1.54) is 115 Å². The lowest BCUT2D eigenvalue weighted by Crippen LogP contribution is -2.48. The highest BCUT2D eigenvalue weighted by molar-refractivity contribution is 5.89. The number of hydrogen-bond donors (Lipinski definition) is 0. The normalized spacial score (nSPS) is 30.9. The summed E-state index contributed by atoms with van der Waals surface area (Å²) in [6.45, 7) is 4.55. The van der Waals surface area contributed by atoms with E-state index in [-0.39, 0.29) is 5.41 Å². The smallest absolute Gasteiger partial charge is 0.130 e. The molecule has 0 unspecified atom stereocenters. The van der Waals surface area contributed by atoms with Crippen molar-refractivity contribution in [1.29, 1.82) is 0 Å². The van der Waals surface area contributed by atoms with Crippen LogP contribution >= 0.6 is 0 Å². The van der Waals surface area contributed by atoms with Gasteiger partial charge in [-0.05, 0) is 189 Å². The third-order valence-electron chi connectivity index (χ3n) is 15.8. The Hall–Kier alpha value is -4.37. The van der Waals surface area contributed by atoms with E-state index in [1.54, 1.807) is 0 Å². The highest BCUT2D eigenvalue weighted by Crippen LogP contribution is 2.64. The number of benzene rings is 4. The first-order valence-corrected chi connectivity index (χ1v) is 21.9. The standard InChI is InChI=1S/C53H57NO2/c1-31-16-44(51(55-3)46(18-31)50-38-24-33-20-34(26-38)27-39(50)25-33)40-10-5-7-12-42(40)48-14-9-15-49(54-48)43-13-8-6-11-41(43)45-17-32(2)19-47(52(45)56-4)53-28-35-21-36(29-53)23-37(22-35)30-53/h5-19,33-39,50H,20-30H2,1-4H3. The van der Waals surface area contributed by atoms with Crippen LogP contribution in [0.2, 0.25) is 0 Å². The van der Waals surface area contributed by atoms with E-state index in [1.807, 2.05) is 14.2 Å². The molecule has 3 nitrogen and oxygen atoms in total. The topological polar surface area (TPSA) is 31.4 Å². The number of rotatable bonds is 8. The van der Waals surface area contributed by atoms with Crippen LogP contribution in [-0.2, 0) is 5.41 Å². The van der Waals surface area contributed by atoms with Gasteiger partial charge in [0.15, 0.2) is 0 Å². The Morgan fingerprint density at radius 2 is 0.946 bits per heavy atom. The zero-order valence-corrected chi connectivity index (χ0v) is 33.8. The van der Waals surface area contributed by atoms with E-state index in [9.17, 15) is 0 Å². The molecule has 56 heavy (non-hydrogen) atoms. The van der Waals surface area contributed by atoms with Gasteiger partial charge < -0.3 is 9.47 Å². The molecule has 8 aliphatic rings. The minimum absolute atomic E-state index is 0.241. The maximum absolute atomic E-state index is 6.51. The molecule has 0 radical (unpaired) electrons. The molecule has 8 saturated carbocycles. The van der Waals surface area contributed by atoms with Crippen LogP contribution in [0.25, 0.3) is 44.8 Å². The van der Waals surface area contributed by atoms with Gasteiger partial charge in [-0.2, -0.15) is 0 Å². The molecular weight excluding hydrogens is 683 g/mol. The van der Waals surface area contributed by atoms with Crippen molar-refractivity contribution in [2.75, 3.05) is 14.2 Å². The fourth-order valence-electron chi connectivity index (χ4n) is 14.6. The number of methoxy groups -OCH3 is 2. The first-order valence-electron chi connectivity index (χ1n) is 21.9. The van der Waals surface area contributed by atoms with Crippen LogP contribution in [0.3, 0.4) is 0 Å². The molecule has 1 aromatic heterocycles. The molecule has 13 rings (SSSR count). The summed E-state index contributed by atoms with van der Waals surface area (Å²) < 4.78 is 13.0. The van der Waals surface area contributed by atoms with Crippen molar-refractivity contribution < 1.29 is 9.47 Å². The van der Waals surface area contributed by atoms with Crippen LogP contribution in [0, 0.1) is 55.3 Å². The van der Waals surface area contributed by atoms with Gasteiger partial charge in [-0.15, -0.1) is 0 Å². The molecule has 0 aliphatic heterocycles. The van der Waals surface area contributed by atoms with E-state index >= 15 is 0 Å². The third-order valence-corrected chi connectivity index (χ3v) is 15.8. The van der Waals surface area contributed by atoms with Crippen molar-refractivity contribution in [3.63, 3.8) is 0 Å². The number of ether oxygens (including phenoxy) is 2. The zero-order valence-electron chi connectivity index (χ0n) is 33.8. The quantitative estimate of drug-likeness (QED) is 0.159. The second-order valence-electron chi connectivity index (χ2n) is 19.5. The van der Waals surface area contributed by atoms with E-state index < -0.39 is 0 Å². The van der Waals surface area contributed by atoms with Gasteiger partial charge in [0.1, 0.15) is 11.5 Å². The lowest BCUT2D eigenvalue weighted by molar-refractivity contribution is -0.00615. The Kier molecular flexibility index (Phi) is 8.31. The SMILES string of the molecule is COc1c(-c2ccccc2-c2cccc(-c3ccccc3-c3cc(C)cc(C45CC6CC(CC(C6)C4)C5)c3OC)n2)cc(C)cc1C1C2CC3CC(C2)CC1C3. The summed E-state index contributed by atoms with van der Waals surface area (Å²) in [5.41, 5.74) is 14.8. The van der Waals surface area contributed by atoms with E-state index in [4.69, 9.17) is 14.5 Å². The predicted molar refractivity (Wildman–Crippen MR) is 228 cm³/mol. The van der Waals surface area contributed by atoms with Crippen molar-refractivity contribution in [2.24, 2.45) is 41.4 Å². The lowest BCUT2D eigenvalue weighted by atomic mass is 9.48. The molecule has 8 aliphatic carbocycles. The van der Waals surface area contributed by atoms with Crippen LogP contribution < -0.4 is 9.47 Å². The monoisotopic (exact) mass is 739 g/mol. The van der Waals surface area contributed by atoms with Gasteiger partial charge in [-0.25, -0.2) is 4.98 Å². The maximum atomic E-state index is 6.51. The molecule has 0 spiro atoms. The van der Waals surface area contributed by atoms with Gasteiger partial charge in [0.05, 0.1) is 25.6 Å². The number of aryl methyl sites for hydroxylation is 2. The number of aromatic nitrogens is 1. The Bertz CT molecular complexity index is 2270. The van der Waals surface area contributed by atoms with Crippen LogP contribution in [0.5, 0.6) is 11.5 Å². The predicted octanol–water partition coefficient (Wildman–Crippen LogP) is 13.4. The van der Waals surface area contributed by atoms with Gasteiger partial charge in [-0.1, -0.05) is 66.7 Å². The summed E-state index contributed by atoms with van der Waals surface area (Å²) >= 11 is 0. The van der Waals surface area contributed by atoms with E-state index in [0.717, 1.165) is 75.4 Å². The summed E-state index contributed by atoms with van der Waals surface area (Å²) in [5, 5.41) is 0. The number of nitrogens with zero attached hydrogens (tertiary/aromatic N) is 1. The van der Waals surface area contributed by atoms with Gasteiger partial charge in [0.25, 0.3) is 0 Å². The number of pyridine rings is 1. The Morgan fingerprint density at radius 3 is 1.46 bits per heavy atom. The van der Waals surface area contributed by atoms with Crippen molar-refractivity contribution in [2.45, 2.75) is 95.8 Å². The molecule has 1 heterocycles. The lowest BCUT2D eigenvalue weighted by Gasteiger charge is -2.57.